The molecule has 0 saturated heterocycles. The van der Waals surface area contributed by atoms with E-state index in [1.54, 1.807) is 0 Å². The minimum atomic E-state index is -0.383. The molecule has 3 rings (SSSR count). The summed E-state index contributed by atoms with van der Waals surface area (Å²) in [6, 6.07) is 30.2. The van der Waals surface area contributed by atoms with Crippen LogP contribution in [0.4, 0.5) is 0 Å². The smallest absolute Gasteiger partial charge is 0.314 e. The lowest BCUT2D eigenvalue weighted by Crippen LogP contribution is -2.24. The Balaban J connectivity index is 2.14. The first-order chi connectivity index (χ1) is 12.3. The SMILES string of the molecule is CCOC(=O)[C@@H](c1ccccc1)C(c1ccccc1)c1ccccc1. The number of ether oxygens (including phenoxy) is 1. The molecule has 0 aliphatic heterocycles. The van der Waals surface area contributed by atoms with Crippen molar-refractivity contribution in [2.24, 2.45) is 0 Å². The highest BCUT2D eigenvalue weighted by Gasteiger charge is 2.33. The van der Waals surface area contributed by atoms with Crippen molar-refractivity contribution in [3.8, 4) is 0 Å². The van der Waals surface area contributed by atoms with E-state index < -0.39 is 0 Å². The Kier molecular flexibility index (Phi) is 5.63. The Bertz CT molecular complexity index is 743. The number of hydrogen-bond donors (Lipinski definition) is 0. The molecule has 0 amide bonds. The summed E-state index contributed by atoms with van der Waals surface area (Å²) >= 11 is 0. The predicted molar refractivity (Wildman–Crippen MR) is 101 cm³/mol. The van der Waals surface area contributed by atoms with Gasteiger partial charge in [0.25, 0.3) is 0 Å². The maximum Gasteiger partial charge on any atom is 0.314 e. The molecule has 0 saturated carbocycles. The van der Waals surface area contributed by atoms with Crippen molar-refractivity contribution in [1.82, 2.24) is 0 Å². The highest BCUT2D eigenvalue weighted by molar-refractivity contribution is 5.80. The van der Waals surface area contributed by atoms with Gasteiger partial charge in [0.15, 0.2) is 0 Å². The molecule has 0 aliphatic carbocycles. The van der Waals surface area contributed by atoms with Crippen LogP contribution in [-0.4, -0.2) is 12.6 Å². The van der Waals surface area contributed by atoms with E-state index in [0.29, 0.717) is 6.61 Å². The molecule has 126 valence electrons. The molecular weight excluding hydrogens is 308 g/mol. The first kappa shape index (κ1) is 17.0. The number of benzene rings is 3. The third-order valence-electron chi connectivity index (χ3n) is 4.35. The number of carbonyl (C=O) groups is 1. The van der Waals surface area contributed by atoms with Crippen molar-refractivity contribution in [2.45, 2.75) is 18.8 Å². The second-order valence-corrected chi connectivity index (χ2v) is 5.94. The molecule has 0 aliphatic rings. The summed E-state index contributed by atoms with van der Waals surface area (Å²) in [5, 5.41) is 0. The zero-order chi connectivity index (χ0) is 17.5. The molecule has 0 aromatic heterocycles. The van der Waals surface area contributed by atoms with Gasteiger partial charge in [-0.15, -0.1) is 0 Å². The van der Waals surface area contributed by atoms with Crippen LogP contribution in [0.15, 0.2) is 91.0 Å². The fourth-order valence-electron chi connectivity index (χ4n) is 3.26. The van der Waals surface area contributed by atoms with Gasteiger partial charge in [-0.2, -0.15) is 0 Å². The Morgan fingerprint density at radius 2 is 1.12 bits per heavy atom. The van der Waals surface area contributed by atoms with Crippen LogP contribution < -0.4 is 0 Å². The molecular formula is C23H22O2. The van der Waals surface area contributed by atoms with Gasteiger partial charge in [-0.1, -0.05) is 91.0 Å². The Labute approximate surface area is 149 Å². The van der Waals surface area contributed by atoms with Gasteiger partial charge < -0.3 is 4.74 Å². The third kappa shape index (κ3) is 3.97. The number of hydrogen-bond acceptors (Lipinski definition) is 2. The number of carbonyl (C=O) groups excluding carboxylic acids is 1. The average molecular weight is 330 g/mol. The van der Waals surface area contributed by atoms with E-state index in [1.165, 1.54) is 0 Å². The van der Waals surface area contributed by atoms with Gasteiger partial charge in [0, 0.05) is 5.92 Å². The van der Waals surface area contributed by atoms with Crippen molar-refractivity contribution in [2.75, 3.05) is 6.61 Å². The van der Waals surface area contributed by atoms with Crippen LogP contribution in [0.1, 0.15) is 35.4 Å². The van der Waals surface area contributed by atoms with E-state index in [1.807, 2.05) is 73.7 Å². The lowest BCUT2D eigenvalue weighted by atomic mass is 9.77. The number of esters is 1. The van der Waals surface area contributed by atoms with Crippen LogP contribution in [0.2, 0.25) is 0 Å². The van der Waals surface area contributed by atoms with Crippen LogP contribution in [0.3, 0.4) is 0 Å². The van der Waals surface area contributed by atoms with Gasteiger partial charge in [0.05, 0.1) is 12.5 Å². The Morgan fingerprint density at radius 1 is 0.720 bits per heavy atom. The van der Waals surface area contributed by atoms with E-state index in [-0.39, 0.29) is 17.8 Å². The van der Waals surface area contributed by atoms with Crippen molar-refractivity contribution >= 4 is 5.97 Å². The molecule has 0 N–H and O–H groups in total. The van der Waals surface area contributed by atoms with Gasteiger partial charge >= 0.3 is 5.97 Å². The minimum Gasteiger partial charge on any atom is -0.465 e. The van der Waals surface area contributed by atoms with Crippen LogP contribution >= 0.6 is 0 Å². The molecule has 3 aromatic rings. The molecule has 0 spiro atoms. The van der Waals surface area contributed by atoms with Crippen molar-refractivity contribution in [3.63, 3.8) is 0 Å². The predicted octanol–water partition coefficient (Wildman–Crippen LogP) is 5.17. The molecule has 0 heterocycles. The average Bonchev–Trinajstić information content (AvgIpc) is 2.68. The van der Waals surface area contributed by atoms with E-state index in [0.717, 1.165) is 16.7 Å². The standard InChI is InChI=1S/C23H22O2/c1-2-25-23(24)22(20-16-10-5-11-17-20)21(18-12-6-3-7-13-18)19-14-8-4-9-15-19/h3-17,21-22H,2H2,1H3/t22-/m0/s1. The normalized spacial score (nSPS) is 11.9. The molecule has 0 unspecified atom stereocenters. The van der Waals surface area contributed by atoms with Crippen molar-refractivity contribution in [3.05, 3.63) is 108 Å². The fraction of sp³-hybridized carbons (Fsp3) is 0.174. The number of rotatable bonds is 6. The van der Waals surface area contributed by atoms with Crippen molar-refractivity contribution in [1.29, 1.82) is 0 Å². The van der Waals surface area contributed by atoms with Crippen LogP contribution in [-0.2, 0) is 9.53 Å². The maximum absolute atomic E-state index is 12.9. The fourth-order valence-corrected chi connectivity index (χ4v) is 3.26. The van der Waals surface area contributed by atoms with Crippen LogP contribution in [0, 0.1) is 0 Å². The second kappa shape index (κ2) is 8.29. The van der Waals surface area contributed by atoms with Crippen LogP contribution in [0.25, 0.3) is 0 Å². The Hall–Kier alpha value is -2.87. The quantitative estimate of drug-likeness (QED) is 0.583. The van der Waals surface area contributed by atoms with Crippen LogP contribution in [0.5, 0.6) is 0 Å². The summed E-state index contributed by atoms with van der Waals surface area (Å²) in [5.41, 5.74) is 3.19. The second-order valence-electron chi connectivity index (χ2n) is 5.94. The lowest BCUT2D eigenvalue weighted by Gasteiger charge is -2.27. The van der Waals surface area contributed by atoms with Gasteiger partial charge in [0.2, 0.25) is 0 Å². The van der Waals surface area contributed by atoms with Gasteiger partial charge in [0.1, 0.15) is 0 Å². The maximum atomic E-state index is 12.9. The lowest BCUT2D eigenvalue weighted by molar-refractivity contribution is -0.145. The topological polar surface area (TPSA) is 26.3 Å². The Morgan fingerprint density at radius 3 is 1.52 bits per heavy atom. The summed E-state index contributed by atoms with van der Waals surface area (Å²) < 4.78 is 5.44. The van der Waals surface area contributed by atoms with Gasteiger partial charge in [-0.25, -0.2) is 0 Å². The molecule has 0 bridgehead atoms. The largest absolute Gasteiger partial charge is 0.465 e. The molecule has 0 radical (unpaired) electrons. The highest BCUT2D eigenvalue weighted by Crippen LogP contribution is 2.39. The summed E-state index contributed by atoms with van der Waals surface area (Å²) in [4.78, 5) is 12.9. The molecule has 2 nitrogen and oxygen atoms in total. The van der Waals surface area contributed by atoms with E-state index in [9.17, 15) is 4.79 Å². The molecule has 1 atom stereocenters. The molecule has 2 heteroatoms. The minimum absolute atomic E-state index is 0.0937. The third-order valence-corrected chi connectivity index (χ3v) is 4.35. The summed E-state index contributed by atoms with van der Waals surface area (Å²) in [6.07, 6.45) is 0. The summed E-state index contributed by atoms with van der Waals surface area (Å²) in [5.74, 6) is -0.666. The monoisotopic (exact) mass is 330 g/mol. The van der Waals surface area contributed by atoms with Gasteiger partial charge in [-0.3, -0.25) is 4.79 Å². The molecule has 3 aromatic carbocycles. The summed E-state index contributed by atoms with van der Waals surface area (Å²) in [7, 11) is 0. The zero-order valence-corrected chi connectivity index (χ0v) is 14.3. The van der Waals surface area contributed by atoms with Crippen molar-refractivity contribution < 1.29 is 9.53 Å². The first-order valence-corrected chi connectivity index (χ1v) is 8.62. The van der Waals surface area contributed by atoms with E-state index in [2.05, 4.69) is 24.3 Å². The zero-order valence-electron chi connectivity index (χ0n) is 14.3. The molecule has 0 fully saturated rings. The van der Waals surface area contributed by atoms with Gasteiger partial charge in [-0.05, 0) is 23.6 Å². The molecule has 25 heavy (non-hydrogen) atoms. The highest BCUT2D eigenvalue weighted by atomic mass is 16.5. The van der Waals surface area contributed by atoms with E-state index in [4.69, 9.17) is 4.74 Å². The summed E-state index contributed by atoms with van der Waals surface area (Å²) in [6.45, 7) is 2.22. The van der Waals surface area contributed by atoms with E-state index >= 15 is 0 Å². The first-order valence-electron chi connectivity index (χ1n) is 8.62.